The Kier molecular flexibility index (Phi) is 8.60. The SMILES string of the molecule is C=CC(c1ccc(S(C)(=O)=O)cc1)S(=O)(=O)C1CNCCN1Cc1cc(Cl)ccc1OCC(=O)O. The summed E-state index contributed by atoms with van der Waals surface area (Å²) in [5.74, 6) is -0.827. The highest BCUT2D eigenvalue weighted by atomic mass is 35.5. The molecule has 0 aliphatic carbocycles. The van der Waals surface area contributed by atoms with Gasteiger partial charge in [-0.2, -0.15) is 0 Å². The number of benzene rings is 2. The lowest BCUT2D eigenvalue weighted by Gasteiger charge is -2.37. The van der Waals surface area contributed by atoms with Crippen molar-refractivity contribution in [1.29, 1.82) is 0 Å². The summed E-state index contributed by atoms with van der Waals surface area (Å²) in [6, 6.07) is 10.5. The van der Waals surface area contributed by atoms with E-state index in [2.05, 4.69) is 11.9 Å². The average Bonchev–Trinajstić information content (AvgIpc) is 2.79. The summed E-state index contributed by atoms with van der Waals surface area (Å²) in [5.41, 5.74) is 0.972. The van der Waals surface area contributed by atoms with Gasteiger partial charge in [-0.25, -0.2) is 21.6 Å². The van der Waals surface area contributed by atoms with E-state index in [4.69, 9.17) is 21.4 Å². The fraction of sp³-hybridized carbons (Fsp3) is 0.348. The van der Waals surface area contributed by atoms with Crippen LogP contribution in [0.1, 0.15) is 16.4 Å². The summed E-state index contributed by atoms with van der Waals surface area (Å²) in [5, 5.41) is 10.5. The highest BCUT2D eigenvalue weighted by Crippen LogP contribution is 2.32. The van der Waals surface area contributed by atoms with Gasteiger partial charge in [0.2, 0.25) is 0 Å². The van der Waals surface area contributed by atoms with Crippen LogP contribution < -0.4 is 10.1 Å². The summed E-state index contributed by atoms with van der Waals surface area (Å²) >= 11 is 6.14. The third-order valence-corrected chi connectivity index (χ3v) is 9.39. The minimum Gasteiger partial charge on any atom is -0.482 e. The van der Waals surface area contributed by atoms with Crippen molar-refractivity contribution in [2.75, 3.05) is 32.5 Å². The van der Waals surface area contributed by atoms with Crippen LogP contribution in [0.15, 0.2) is 60.0 Å². The van der Waals surface area contributed by atoms with Gasteiger partial charge in [0, 0.05) is 43.0 Å². The molecule has 2 N–H and O–H groups in total. The number of carbonyl (C=O) groups is 1. The first kappa shape index (κ1) is 27.2. The Morgan fingerprint density at radius 3 is 2.54 bits per heavy atom. The third kappa shape index (κ3) is 6.62. The average molecular weight is 543 g/mol. The molecule has 3 rings (SSSR count). The Morgan fingerprint density at radius 2 is 1.94 bits per heavy atom. The largest absolute Gasteiger partial charge is 0.482 e. The summed E-state index contributed by atoms with van der Waals surface area (Å²) < 4.78 is 56.4. The lowest BCUT2D eigenvalue weighted by molar-refractivity contribution is -0.139. The standard InChI is InChI=1S/C23H27ClN2O7S2/c1-3-21(16-4-7-19(8-5-16)34(2,29)30)35(31,32)22-13-25-10-11-26(22)14-17-12-18(24)6-9-20(17)33-15-23(27)28/h3-9,12,21-22,25H,1,10-11,13-15H2,2H3,(H,27,28). The number of aliphatic carboxylic acids is 1. The molecule has 0 bridgehead atoms. The number of carboxylic acids is 1. The number of hydrogen-bond donors (Lipinski definition) is 2. The van der Waals surface area contributed by atoms with Crippen LogP contribution in [0.5, 0.6) is 5.75 Å². The van der Waals surface area contributed by atoms with Crippen LogP contribution in [-0.4, -0.2) is 70.7 Å². The molecule has 1 heterocycles. The monoisotopic (exact) mass is 542 g/mol. The van der Waals surface area contributed by atoms with Gasteiger partial charge < -0.3 is 15.2 Å². The molecule has 0 radical (unpaired) electrons. The van der Waals surface area contributed by atoms with Gasteiger partial charge in [0.15, 0.2) is 26.3 Å². The molecule has 0 amide bonds. The van der Waals surface area contributed by atoms with E-state index < -0.39 is 42.9 Å². The van der Waals surface area contributed by atoms with Crippen LogP contribution in [0.3, 0.4) is 0 Å². The van der Waals surface area contributed by atoms with Gasteiger partial charge in [-0.15, -0.1) is 6.58 Å². The molecular formula is C23H27ClN2O7S2. The van der Waals surface area contributed by atoms with Gasteiger partial charge in [0.25, 0.3) is 0 Å². The number of carboxylic acid groups (broad SMARTS) is 1. The molecule has 0 aromatic heterocycles. The molecule has 2 unspecified atom stereocenters. The second-order valence-electron chi connectivity index (χ2n) is 8.15. The molecule has 190 valence electrons. The molecule has 1 aliphatic rings. The number of sulfone groups is 2. The van der Waals surface area contributed by atoms with E-state index in [0.29, 0.717) is 35.0 Å². The predicted molar refractivity (Wildman–Crippen MR) is 133 cm³/mol. The molecule has 0 spiro atoms. The second-order valence-corrected chi connectivity index (χ2v) is 12.8. The van der Waals surface area contributed by atoms with Gasteiger partial charge in [-0.05, 0) is 35.9 Å². The van der Waals surface area contributed by atoms with Crippen LogP contribution in [0, 0.1) is 0 Å². The van der Waals surface area contributed by atoms with Crippen LogP contribution >= 0.6 is 11.6 Å². The zero-order valence-electron chi connectivity index (χ0n) is 19.1. The summed E-state index contributed by atoms with van der Waals surface area (Å²) in [6.07, 6.45) is 2.41. The van der Waals surface area contributed by atoms with Crippen LogP contribution in [0.4, 0.5) is 0 Å². The van der Waals surface area contributed by atoms with E-state index >= 15 is 0 Å². The molecule has 0 saturated carbocycles. The maximum absolute atomic E-state index is 13.8. The minimum atomic E-state index is -3.87. The van der Waals surface area contributed by atoms with Gasteiger partial charge in [-0.1, -0.05) is 29.8 Å². The molecule has 12 heteroatoms. The normalized spacial score (nSPS) is 18.1. The quantitative estimate of drug-likeness (QED) is 0.434. The van der Waals surface area contributed by atoms with Gasteiger partial charge in [0.05, 0.1) is 4.90 Å². The van der Waals surface area contributed by atoms with E-state index in [0.717, 1.165) is 6.26 Å². The zero-order chi connectivity index (χ0) is 25.8. The van der Waals surface area contributed by atoms with Crippen molar-refractivity contribution in [3.8, 4) is 5.75 Å². The first-order valence-corrected chi connectivity index (χ1v) is 14.5. The fourth-order valence-corrected chi connectivity index (χ4v) is 6.84. The number of halogens is 1. The Bertz CT molecular complexity index is 1300. The van der Waals surface area contributed by atoms with Crippen molar-refractivity contribution in [3.63, 3.8) is 0 Å². The Labute approximate surface area is 210 Å². The molecule has 2 aromatic carbocycles. The number of rotatable bonds is 10. The Morgan fingerprint density at radius 1 is 1.26 bits per heavy atom. The van der Waals surface area contributed by atoms with Crippen molar-refractivity contribution in [1.82, 2.24) is 10.2 Å². The Balaban J connectivity index is 1.91. The zero-order valence-corrected chi connectivity index (χ0v) is 21.4. The van der Waals surface area contributed by atoms with Crippen LogP contribution in [0.25, 0.3) is 0 Å². The Hall–Kier alpha value is -2.44. The van der Waals surface area contributed by atoms with Gasteiger partial charge in [0.1, 0.15) is 16.4 Å². The lowest BCUT2D eigenvalue weighted by atomic mass is 10.1. The maximum atomic E-state index is 13.8. The van der Waals surface area contributed by atoms with Gasteiger partial charge in [-0.3, -0.25) is 4.90 Å². The van der Waals surface area contributed by atoms with Gasteiger partial charge >= 0.3 is 5.97 Å². The van der Waals surface area contributed by atoms with E-state index in [9.17, 15) is 21.6 Å². The fourth-order valence-electron chi connectivity index (χ4n) is 3.93. The summed E-state index contributed by atoms with van der Waals surface area (Å²) in [6.45, 7) is 4.47. The number of piperazine rings is 1. The van der Waals surface area contributed by atoms with Crippen molar-refractivity contribution in [2.45, 2.75) is 22.1 Å². The predicted octanol–water partition coefficient (Wildman–Crippen LogP) is 2.28. The maximum Gasteiger partial charge on any atom is 0.341 e. The third-order valence-electron chi connectivity index (χ3n) is 5.63. The molecule has 35 heavy (non-hydrogen) atoms. The number of nitrogens with one attached hydrogen (secondary N) is 1. The van der Waals surface area contributed by atoms with E-state index in [1.165, 1.54) is 30.3 Å². The van der Waals surface area contributed by atoms with Crippen LogP contribution in [0.2, 0.25) is 5.02 Å². The minimum absolute atomic E-state index is 0.0947. The van der Waals surface area contributed by atoms with E-state index in [1.807, 2.05) is 0 Å². The highest BCUT2D eigenvalue weighted by molar-refractivity contribution is 7.92. The van der Waals surface area contributed by atoms with Crippen molar-refractivity contribution in [2.24, 2.45) is 0 Å². The smallest absolute Gasteiger partial charge is 0.341 e. The topological polar surface area (TPSA) is 130 Å². The molecule has 1 aliphatic heterocycles. The van der Waals surface area contributed by atoms with E-state index in [-0.39, 0.29) is 18.0 Å². The number of hydrogen-bond acceptors (Lipinski definition) is 8. The highest BCUT2D eigenvalue weighted by Gasteiger charge is 2.39. The molecule has 1 saturated heterocycles. The first-order chi connectivity index (χ1) is 16.4. The van der Waals surface area contributed by atoms with Crippen molar-refractivity contribution < 1.29 is 31.5 Å². The molecular weight excluding hydrogens is 516 g/mol. The molecule has 2 aromatic rings. The number of ether oxygens (including phenoxy) is 1. The first-order valence-electron chi connectivity index (χ1n) is 10.7. The number of nitrogens with zero attached hydrogens (tertiary/aromatic N) is 1. The molecule has 1 fully saturated rings. The van der Waals surface area contributed by atoms with E-state index in [1.54, 1.807) is 23.1 Å². The summed E-state index contributed by atoms with van der Waals surface area (Å²) in [4.78, 5) is 12.8. The van der Waals surface area contributed by atoms with Crippen LogP contribution in [-0.2, 0) is 31.0 Å². The summed E-state index contributed by atoms with van der Waals surface area (Å²) in [7, 11) is -7.29. The van der Waals surface area contributed by atoms with Crippen molar-refractivity contribution in [3.05, 3.63) is 71.3 Å². The second kappa shape index (κ2) is 11.1. The lowest BCUT2D eigenvalue weighted by Crippen LogP contribution is -2.55. The molecule has 2 atom stereocenters. The molecule has 9 nitrogen and oxygen atoms in total. The van der Waals surface area contributed by atoms with Crippen molar-refractivity contribution >= 4 is 37.2 Å².